The summed E-state index contributed by atoms with van der Waals surface area (Å²) in [6.07, 6.45) is 2.24. The fourth-order valence-electron chi connectivity index (χ4n) is 1.11. The lowest BCUT2D eigenvalue weighted by molar-refractivity contribution is -0.388. The Morgan fingerprint density at radius 3 is 2.87 bits per heavy atom. The van der Waals surface area contributed by atoms with Crippen molar-refractivity contribution in [2.45, 2.75) is 12.8 Å². The molecule has 1 aliphatic carbocycles. The summed E-state index contributed by atoms with van der Waals surface area (Å²) >= 11 is 0. The van der Waals surface area contributed by atoms with Gasteiger partial charge < -0.3 is 4.74 Å². The minimum absolute atomic E-state index is 0.102. The number of halogens is 1. The van der Waals surface area contributed by atoms with Crippen LogP contribution in [0.5, 0.6) is 5.88 Å². The van der Waals surface area contributed by atoms with E-state index in [4.69, 9.17) is 4.74 Å². The van der Waals surface area contributed by atoms with Crippen molar-refractivity contribution in [3.8, 4) is 5.88 Å². The second-order valence-corrected chi connectivity index (χ2v) is 3.47. The molecule has 1 aromatic heterocycles. The van der Waals surface area contributed by atoms with Crippen LogP contribution in [-0.2, 0) is 0 Å². The van der Waals surface area contributed by atoms with Gasteiger partial charge in [0.25, 0.3) is 5.95 Å². The smallest absolute Gasteiger partial charge is 0.324 e. The summed E-state index contributed by atoms with van der Waals surface area (Å²) in [5.41, 5.74) is -0.631. The van der Waals surface area contributed by atoms with Crippen LogP contribution >= 0.6 is 0 Å². The Morgan fingerprint density at radius 1 is 1.60 bits per heavy atom. The number of nitrogens with zero attached hydrogens (tertiary/aromatic N) is 2. The van der Waals surface area contributed by atoms with Crippen molar-refractivity contribution in [3.63, 3.8) is 0 Å². The van der Waals surface area contributed by atoms with Gasteiger partial charge in [-0.2, -0.15) is 9.37 Å². The molecule has 1 saturated carbocycles. The molecule has 1 aliphatic rings. The number of pyridine rings is 1. The molecule has 0 atom stereocenters. The lowest BCUT2D eigenvalue weighted by atomic mass is 10.4. The van der Waals surface area contributed by atoms with E-state index in [0.717, 1.165) is 18.9 Å². The molecule has 1 heterocycles. The fraction of sp³-hybridized carbons (Fsp3) is 0.444. The second-order valence-electron chi connectivity index (χ2n) is 3.47. The van der Waals surface area contributed by atoms with Crippen molar-refractivity contribution in [1.29, 1.82) is 0 Å². The van der Waals surface area contributed by atoms with Gasteiger partial charge in [-0.25, -0.2) is 0 Å². The first-order chi connectivity index (χ1) is 7.16. The van der Waals surface area contributed by atoms with E-state index in [1.807, 2.05) is 0 Å². The zero-order valence-corrected chi connectivity index (χ0v) is 7.85. The molecule has 5 nitrogen and oxygen atoms in total. The molecule has 0 aliphatic heterocycles. The zero-order chi connectivity index (χ0) is 10.8. The Balaban J connectivity index is 2.06. The summed E-state index contributed by atoms with van der Waals surface area (Å²) in [5, 5.41) is 10.3. The van der Waals surface area contributed by atoms with Crippen LogP contribution in [0.25, 0.3) is 0 Å². The van der Waals surface area contributed by atoms with Crippen molar-refractivity contribution >= 4 is 5.69 Å². The van der Waals surface area contributed by atoms with E-state index in [1.54, 1.807) is 0 Å². The summed E-state index contributed by atoms with van der Waals surface area (Å²) in [6, 6.07) is 2.37. The first-order valence-corrected chi connectivity index (χ1v) is 4.60. The summed E-state index contributed by atoms with van der Waals surface area (Å²) in [4.78, 5) is 12.8. The van der Waals surface area contributed by atoms with Crippen molar-refractivity contribution < 1.29 is 14.1 Å². The van der Waals surface area contributed by atoms with Crippen LogP contribution < -0.4 is 4.74 Å². The van der Waals surface area contributed by atoms with Crippen LogP contribution in [0.1, 0.15) is 12.8 Å². The highest BCUT2D eigenvalue weighted by Gasteiger charge is 2.23. The van der Waals surface area contributed by atoms with Gasteiger partial charge in [0.1, 0.15) is 0 Å². The maximum absolute atomic E-state index is 13.0. The molecule has 0 spiro atoms. The van der Waals surface area contributed by atoms with Gasteiger partial charge in [0.15, 0.2) is 0 Å². The van der Waals surface area contributed by atoms with Gasteiger partial charge in [-0.3, -0.25) is 10.1 Å². The predicted octanol–water partition coefficient (Wildman–Crippen LogP) is 1.92. The fourth-order valence-corrected chi connectivity index (χ4v) is 1.11. The standard InChI is InChI=1S/C9H9FN2O3/c10-9-7(12(13)14)3-4-8(11-9)15-5-6-1-2-6/h3-4,6H,1-2,5H2. The summed E-state index contributed by atoms with van der Waals surface area (Å²) in [6.45, 7) is 0.504. The molecule has 2 rings (SSSR count). The van der Waals surface area contributed by atoms with Gasteiger partial charge in [-0.15, -0.1) is 0 Å². The monoisotopic (exact) mass is 212 g/mol. The molecule has 0 saturated heterocycles. The summed E-state index contributed by atoms with van der Waals surface area (Å²) < 4.78 is 18.2. The minimum Gasteiger partial charge on any atom is -0.477 e. The molecule has 0 N–H and O–H groups in total. The molecule has 0 radical (unpaired) electrons. The highest BCUT2D eigenvalue weighted by atomic mass is 19.1. The largest absolute Gasteiger partial charge is 0.477 e. The van der Waals surface area contributed by atoms with E-state index in [9.17, 15) is 14.5 Å². The molecule has 15 heavy (non-hydrogen) atoms. The predicted molar refractivity (Wildman–Crippen MR) is 49.1 cm³/mol. The summed E-state index contributed by atoms with van der Waals surface area (Å²) in [7, 11) is 0. The molecular formula is C9H9FN2O3. The van der Waals surface area contributed by atoms with Gasteiger partial charge in [-0.05, 0) is 18.8 Å². The number of rotatable bonds is 4. The van der Waals surface area contributed by atoms with Gasteiger partial charge in [0, 0.05) is 12.1 Å². The lowest BCUT2D eigenvalue weighted by Gasteiger charge is -2.03. The van der Waals surface area contributed by atoms with Crippen molar-refractivity contribution in [2.75, 3.05) is 6.61 Å². The van der Waals surface area contributed by atoms with Gasteiger partial charge in [0.2, 0.25) is 5.88 Å². The van der Waals surface area contributed by atoms with Crippen LogP contribution in [0.3, 0.4) is 0 Å². The Bertz CT molecular complexity index is 393. The van der Waals surface area contributed by atoms with Crippen LogP contribution in [-0.4, -0.2) is 16.5 Å². The topological polar surface area (TPSA) is 65.3 Å². The van der Waals surface area contributed by atoms with Crippen molar-refractivity contribution in [1.82, 2.24) is 4.98 Å². The molecule has 0 unspecified atom stereocenters. The molecule has 6 heteroatoms. The third-order valence-corrected chi connectivity index (χ3v) is 2.16. The molecule has 0 bridgehead atoms. The van der Waals surface area contributed by atoms with E-state index in [2.05, 4.69) is 4.98 Å². The van der Waals surface area contributed by atoms with E-state index >= 15 is 0 Å². The van der Waals surface area contributed by atoms with Crippen LogP contribution in [0, 0.1) is 22.0 Å². The van der Waals surface area contributed by atoms with E-state index < -0.39 is 16.6 Å². The van der Waals surface area contributed by atoms with Crippen molar-refractivity contribution in [3.05, 3.63) is 28.2 Å². The molecule has 1 fully saturated rings. The second kappa shape index (κ2) is 3.80. The molecule has 0 aromatic carbocycles. The zero-order valence-electron chi connectivity index (χ0n) is 7.85. The number of aromatic nitrogens is 1. The van der Waals surface area contributed by atoms with Gasteiger partial charge in [0.05, 0.1) is 11.5 Å². The Morgan fingerprint density at radius 2 is 2.33 bits per heavy atom. The normalized spacial score (nSPS) is 15.0. The highest BCUT2D eigenvalue weighted by Crippen LogP contribution is 2.29. The highest BCUT2D eigenvalue weighted by molar-refractivity contribution is 5.30. The quantitative estimate of drug-likeness (QED) is 0.434. The number of hydrogen-bond donors (Lipinski definition) is 0. The molecule has 1 aromatic rings. The Kier molecular flexibility index (Phi) is 2.49. The van der Waals surface area contributed by atoms with Crippen LogP contribution in [0.15, 0.2) is 12.1 Å². The first-order valence-electron chi connectivity index (χ1n) is 4.60. The van der Waals surface area contributed by atoms with E-state index in [1.165, 1.54) is 6.07 Å². The summed E-state index contributed by atoms with van der Waals surface area (Å²) in [5.74, 6) is -0.469. The minimum atomic E-state index is -1.10. The average Bonchev–Trinajstić information content (AvgIpc) is 2.97. The molecule has 0 amide bonds. The third-order valence-electron chi connectivity index (χ3n) is 2.16. The third kappa shape index (κ3) is 2.39. The number of hydrogen-bond acceptors (Lipinski definition) is 4. The van der Waals surface area contributed by atoms with Gasteiger partial charge in [-0.1, -0.05) is 0 Å². The van der Waals surface area contributed by atoms with Gasteiger partial charge >= 0.3 is 5.69 Å². The van der Waals surface area contributed by atoms with E-state index in [-0.39, 0.29) is 5.88 Å². The maximum atomic E-state index is 13.0. The number of nitro groups is 1. The molecular weight excluding hydrogens is 203 g/mol. The van der Waals surface area contributed by atoms with Crippen LogP contribution in [0.4, 0.5) is 10.1 Å². The SMILES string of the molecule is O=[N+]([O-])c1ccc(OCC2CC2)nc1F. The maximum Gasteiger partial charge on any atom is 0.324 e. The Labute approximate surface area is 85.0 Å². The Hall–Kier alpha value is -1.72. The van der Waals surface area contributed by atoms with E-state index in [0.29, 0.717) is 12.5 Å². The molecule has 80 valence electrons. The van der Waals surface area contributed by atoms with Crippen LogP contribution in [0.2, 0.25) is 0 Å². The lowest BCUT2D eigenvalue weighted by Crippen LogP contribution is -2.03. The van der Waals surface area contributed by atoms with Crippen molar-refractivity contribution in [2.24, 2.45) is 5.92 Å². The number of ether oxygens (including phenoxy) is 1. The average molecular weight is 212 g/mol. The first kappa shape index (κ1) is 9.82.